The van der Waals surface area contributed by atoms with E-state index >= 15 is 0 Å². The third kappa shape index (κ3) is 15.7. The smallest absolute Gasteiger partial charge is 0.309 e. The van der Waals surface area contributed by atoms with Crippen molar-refractivity contribution in [3.8, 4) is 0 Å². The van der Waals surface area contributed by atoms with E-state index in [0.29, 0.717) is 19.4 Å². The number of unbranched alkanes of at least 4 members (excludes halogenated alkanes) is 5. The maximum atomic E-state index is 12.8. The van der Waals surface area contributed by atoms with Crippen molar-refractivity contribution in [3.05, 3.63) is 0 Å². The lowest BCUT2D eigenvalue weighted by atomic mass is 10.1. The molecule has 0 unspecified atom stereocenters. The van der Waals surface area contributed by atoms with E-state index < -0.39 is 7.60 Å². The Bertz CT molecular complexity index is 292. The van der Waals surface area contributed by atoms with Gasteiger partial charge in [-0.05, 0) is 31.1 Å². The molecule has 0 aliphatic carbocycles. The molecule has 0 atom stereocenters. The van der Waals surface area contributed by atoms with Crippen LogP contribution in [0.25, 0.3) is 0 Å². The second-order valence-electron chi connectivity index (χ2n) is 7.84. The van der Waals surface area contributed by atoms with E-state index in [9.17, 15) is 4.57 Å². The largest absolute Gasteiger partial charge is 0.330 e. The van der Waals surface area contributed by atoms with Gasteiger partial charge in [0.25, 0.3) is 0 Å². The zero-order chi connectivity index (χ0) is 18.3. The molecule has 146 valence electrons. The van der Waals surface area contributed by atoms with Crippen molar-refractivity contribution in [2.24, 2.45) is 11.8 Å². The van der Waals surface area contributed by atoms with Gasteiger partial charge in [0.1, 0.15) is 0 Å². The highest BCUT2D eigenvalue weighted by Gasteiger charge is 2.23. The van der Waals surface area contributed by atoms with Gasteiger partial charge in [-0.1, -0.05) is 79.6 Å². The monoisotopic (exact) mass is 362 g/mol. The first kappa shape index (κ1) is 24.1. The third-order valence-electron chi connectivity index (χ3n) is 4.21. The Morgan fingerprint density at radius 2 is 1.17 bits per heavy atom. The molecular formula is C20H43O3P. The summed E-state index contributed by atoms with van der Waals surface area (Å²) in [6.45, 7) is 12.3. The summed E-state index contributed by atoms with van der Waals surface area (Å²) in [5.41, 5.74) is 0. The van der Waals surface area contributed by atoms with Crippen LogP contribution in [0.1, 0.15) is 98.8 Å². The van der Waals surface area contributed by atoms with Crippen LogP contribution in [0.15, 0.2) is 0 Å². The van der Waals surface area contributed by atoms with Crippen LogP contribution in [0, 0.1) is 11.8 Å². The molecule has 0 radical (unpaired) electrons. The Morgan fingerprint density at radius 1 is 0.708 bits per heavy atom. The van der Waals surface area contributed by atoms with Crippen molar-refractivity contribution in [1.29, 1.82) is 0 Å². The topological polar surface area (TPSA) is 35.5 Å². The lowest BCUT2D eigenvalue weighted by molar-refractivity contribution is 0.196. The maximum absolute atomic E-state index is 12.8. The second kappa shape index (κ2) is 15.4. The Hall–Kier alpha value is 0.150. The van der Waals surface area contributed by atoms with E-state index in [4.69, 9.17) is 9.05 Å². The zero-order valence-electron chi connectivity index (χ0n) is 17.0. The minimum atomic E-state index is -2.87. The molecule has 0 aliphatic heterocycles. The molecule has 3 nitrogen and oxygen atoms in total. The van der Waals surface area contributed by atoms with Crippen LogP contribution in [-0.4, -0.2) is 19.4 Å². The SMILES string of the molecule is CCCCP(=O)(OCCCCCC(C)C)OCCCCCC(C)C. The van der Waals surface area contributed by atoms with Crippen LogP contribution in [0.5, 0.6) is 0 Å². The molecule has 0 amide bonds. The minimum absolute atomic E-state index is 0.571. The summed E-state index contributed by atoms with van der Waals surface area (Å²) >= 11 is 0. The lowest BCUT2D eigenvalue weighted by Gasteiger charge is -2.18. The van der Waals surface area contributed by atoms with Crippen molar-refractivity contribution in [2.45, 2.75) is 98.8 Å². The van der Waals surface area contributed by atoms with Gasteiger partial charge < -0.3 is 9.05 Å². The summed E-state index contributed by atoms with van der Waals surface area (Å²) in [5, 5.41) is 0. The second-order valence-corrected chi connectivity index (χ2v) is 10.0. The van der Waals surface area contributed by atoms with Gasteiger partial charge in [0.15, 0.2) is 0 Å². The van der Waals surface area contributed by atoms with Gasteiger partial charge in [-0.25, -0.2) is 0 Å². The van der Waals surface area contributed by atoms with Crippen LogP contribution >= 0.6 is 7.60 Å². The van der Waals surface area contributed by atoms with Crippen LogP contribution in [0.3, 0.4) is 0 Å². The van der Waals surface area contributed by atoms with Crippen molar-refractivity contribution in [3.63, 3.8) is 0 Å². The molecule has 0 aromatic carbocycles. The lowest BCUT2D eigenvalue weighted by Crippen LogP contribution is -2.03. The highest BCUT2D eigenvalue weighted by Crippen LogP contribution is 2.49. The molecule has 0 rings (SSSR count). The van der Waals surface area contributed by atoms with Gasteiger partial charge in [-0.2, -0.15) is 0 Å². The average molecular weight is 363 g/mol. The minimum Gasteiger partial charge on any atom is -0.309 e. The van der Waals surface area contributed by atoms with Crippen LogP contribution in [0.2, 0.25) is 0 Å². The first-order valence-corrected chi connectivity index (χ1v) is 12.0. The third-order valence-corrected chi connectivity index (χ3v) is 6.23. The van der Waals surface area contributed by atoms with Crippen molar-refractivity contribution < 1.29 is 13.6 Å². The Kier molecular flexibility index (Phi) is 15.5. The molecule has 0 spiro atoms. The Morgan fingerprint density at radius 3 is 1.54 bits per heavy atom. The highest BCUT2D eigenvalue weighted by atomic mass is 31.2. The molecule has 0 heterocycles. The summed E-state index contributed by atoms with van der Waals surface area (Å²) in [5.74, 6) is 1.53. The summed E-state index contributed by atoms with van der Waals surface area (Å²) < 4.78 is 24.2. The summed E-state index contributed by atoms with van der Waals surface area (Å²) in [7, 11) is -2.87. The normalized spacial score (nSPS) is 12.5. The van der Waals surface area contributed by atoms with Crippen molar-refractivity contribution >= 4 is 7.60 Å². The van der Waals surface area contributed by atoms with Gasteiger partial charge in [0, 0.05) is 0 Å². The van der Waals surface area contributed by atoms with E-state index in [1.54, 1.807) is 0 Å². The summed E-state index contributed by atoms with van der Waals surface area (Å²) in [6.07, 6.45) is 11.8. The maximum Gasteiger partial charge on any atom is 0.330 e. The molecule has 4 heteroatoms. The fraction of sp³-hybridized carbons (Fsp3) is 1.00. The van der Waals surface area contributed by atoms with E-state index in [1.807, 2.05) is 0 Å². The number of hydrogen-bond donors (Lipinski definition) is 0. The molecule has 0 aliphatic rings. The molecule has 24 heavy (non-hydrogen) atoms. The predicted octanol–water partition coefficient (Wildman–Crippen LogP) is 7.45. The molecule has 0 aromatic rings. The van der Waals surface area contributed by atoms with Gasteiger partial charge in [0.2, 0.25) is 0 Å². The van der Waals surface area contributed by atoms with Crippen LogP contribution in [0.4, 0.5) is 0 Å². The standard InChI is InChI=1S/C20H43O3P/c1-6-7-18-24(21,22-16-12-8-10-14-19(2)3)23-17-13-9-11-15-20(4)5/h19-20H,6-18H2,1-5H3. The van der Waals surface area contributed by atoms with Gasteiger partial charge in [-0.15, -0.1) is 0 Å². The van der Waals surface area contributed by atoms with E-state index in [0.717, 1.165) is 50.4 Å². The van der Waals surface area contributed by atoms with Gasteiger partial charge in [0.05, 0.1) is 19.4 Å². The molecule has 0 N–H and O–H groups in total. The summed E-state index contributed by atoms with van der Waals surface area (Å²) in [6, 6.07) is 0. The molecular weight excluding hydrogens is 319 g/mol. The van der Waals surface area contributed by atoms with Crippen LogP contribution < -0.4 is 0 Å². The van der Waals surface area contributed by atoms with Crippen LogP contribution in [-0.2, 0) is 13.6 Å². The Labute approximate surface area is 151 Å². The summed E-state index contributed by atoms with van der Waals surface area (Å²) in [4.78, 5) is 0. The molecule has 0 bridgehead atoms. The fourth-order valence-electron chi connectivity index (χ4n) is 2.59. The number of hydrogen-bond acceptors (Lipinski definition) is 3. The van der Waals surface area contributed by atoms with Gasteiger partial charge in [-0.3, -0.25) is 4.57 Å². The molecule has 0 fully saturated rings. The predicted molar refractivity (Wildman–Crippen MR) is 106 cm³/mol. The van der Waals surface area contributed by atoms with E-state index in [-0.39, 0.29) is 0 Å². The molecule has 0 aromatic heterocycles. The fourth-order valence-corrected chi connectivity index (χ4v) is 4.44. The zero-order valence-corrected chi connectivity index (χ0v) is 17.9. The molecule has 0 saturated carbocycles. The first-order chi connectivity index (χ1) is 11.4. The van der Waals surface area contributed by atoms with E-state index in [2.05, 4.69) is 34.6 Å². The number of rotatable bonds is 17. The quantitative estimate of drug-likeness (QED) is 0.199. The van der Waals surface area contributed by atoms with Gasteiger partial charge >= 0.3 is 7.60 Å². The van der Waals surface area contributed by atoms with E-state index in [1.165, 1.54) is 25.7 Å². The molecule has 0 saturated heterocycles. The Balaban J connectivity index is 3.92. The first-order valence-electron chi connectivity index (χ1n) is 10.3. The average Bonchev–Trinajstić information content (AvgIpc) is 2.52. The van der Waals surface area contributed by atoms with Crippen molar-refractivity contribution in [2.75, 3.05) is 19.4 Å². The highest BCUT2D eigenvalue weighted by molar-refractivity contribution is 7.53. The van der Waals surface area contributed by atoms with Crippen molar-refractivity contribution in [1.82, 2.24) is 0 Å².